The van der Waals surface area contributed by atoms with Crippen molar-refractivity contribution >= 4 is 11.8 Å². The Labute approximate surface area is 126 Å². The van der Waals surface area contributed by atoms with Gasteiger partial charge in [-0.2, -0.15) is 0 Å². The van der Waals surface area contributed by atoms with Crippen LogP contribution in [0.2, 0.25) is 0 Å². The Balaban J connectivity index is 1.97. The Morgan fingerprint density at radius 2 is 1.76 bits per heavy atom. The van der Waals surface area contributed by atoms with Crippen LogP contribution in [0.4, 0.5) is 0 Å². The van der Waals surface area contributed by atoms with E-state index in [2.05, 4.69) is 0 Å². The molecule has 0 bridgehead atoms. The van der Waals surface area contributed by atoms with Gasteiger partial charge in [-0.3, -0.25) is 9.59 Å². The highest BCUT2D eigenvalue weighted by molar-refractivity contribution is 5.97. The van der Waals surface area contributed by atoms with E-state index >= 15 is 0 Å². The largest absolute Gasteiger partial charge is 0.342 e. The van der Waals surface area contributed by atoms with Gasteiger partial charge in [0.15, 0.2) is 0 Å². The van der Waals surface area contributed by atoms with Crippen molar-refractivity contribution in [2.24, 2.45) is 0 Å². The summed E-state index contributed by atoms with van der Waals surface area (Å²) in [6, 6.07) is 9.99. The molecule has 0 radical (unpaired) electrons. The van der Waals surface area contributed by atoms with E-state index in [9.17, 15) is 9.59 Å². The van der Waals surface area contributed by atoms with E-state index in [0.717, 1.165) is 31.5 Å². The third-order valence-electron chi connectivity index (χ3n) is 3.90. The molecule has 2 rings (SSSR count). The molecular formula is C17H24N2O2. The number of hydrogen-bond donors (Lipinski definition) is 0. The highest BCUT2D eigenvalue weighted by Gasteiger charge is 2.24. The Kier molecular flexibility index (Phi) is 5.37. The average molecular weight is 288 g/mol. The quantitative estimate of drug-likeness (QED) is 0.781. The van der Waals surface area contributed by atoms with E-state index < -0.39 is 0 Å². The number of amides is 2. The summed E-state index contributed by atoms with van der Waals surface area (Å²) >= 11 is 0. The first kappa shape index (κ1) is 15.5. The van der Waals surface area contributed by atoms with Gasteiger partial charge in [0.1, 0.15) is 6.42 Å². The standard InChI is InChI=1S/C17H24N2O2/c1-14(2)19(13-15-8-4-3-5-9-15)17(21)12-16(20)18-10-6-7-11-18/h3-5,8-9,14H,6-7,10-13H2,1-2H3. The molecule has 0 unspecified atom stereocenters. The monoisotopic (exact) mass is 288 g/mol. The maximum Gasteiger partial charge on any atom is 0.232 e. The SMILES string of the molecule is CC(C)N(Cc1ccccc1)C(=O)CC(=O)N1CCCC1. The number of rotatable bonds is 5. The average Bonchev–Trinajstić information content (AvgIpc) is 2.99. The van der Waals surface area contributed by atoms with Crippen molar-refractivity contribution in [3.63, 3.8) is 0 Å². The minimum atomic E-state index is -0.0780. The number of carbonyl (C=O) groups is 2. The summed E-state index contributed by atoms with van der Waals surface area (Å²) in [5, 5.41) is 0. The molecule has 1 fully saturated rings. The molecule has 114 valence electrons. The summed E-state index contributed by atoms with van der Waals surface area (Å²) in [4.78, 5) is 28.1. The molecule has 0 saturated carbocycles. The van der Waals surface area contributed by atoms with Crippen LogP contribution in [0.5, 0.6) is 0 Å². The molecule has 0 spiro atoms. The summed E-state index contributed by atoms with van der Waals surface area (Å²) in [5.41, 5.74) is 1.09. The second-order valence-corrected chi connectivity index (χ2v) is 5.87. The van der Waals surface area contributed by atoms with Crippen LogP contribution in [-0.2, 0) is 16.1 Å². The van der Waals surface area contributed by atoms with E-state index in [0.29, 0.717) is 6.54 Å². The van der Waals surface area contributed by atoms with Gasteiger partial charge in [0.2, 0.25) is 11.8 Å². The fourth-order valence-electron chi connectivity index (χ4n) is 2.65. The van der Waals surface area contributed by atoms with Gasteiger partial charge in [0.25, 0.3) is 0 Å². The fraction of sp³-hybridized carbons (Fsp3) is 0.529. The zero-order chi connectivity index (χ0) is 15.2. The normalized spacial score (nSPS) is 14.5. The van der Waals surface area contributed by atoms with Crippen LogP contribution in [-0.4, -0.2) is 40.7 Å². The van der Waals surface area contributed by atoms with Crippen molar-refractivity contribution in [3.8, 4) is 0 Å². The summed E-state index contributed by atoms with van der Waals surface area (Å²) in [5.74, 6) is -0.109. The predicted octanol–water partition coefficient (Wildman–Crippen LogP) is 2.44. The minimum absolute atomic E-state index is 0.00892. The molecule has 1 heterocycles. The topological polar surface area (TPSA) is 40.6 Å². The molecule has 0 aromatic heterocycles. The summed E-state index contributed by atoms with van der Waals surface area (Å²) < 4.78 is 0. The zero-order valence-corrected chi connectivity index (χ0v) is 12.9. The maximum atomic E-state index is 12.4. The zero-order valence-electron chi connectivity index (χ0n) is 12.9. The molecule has 1 saturated heterocycles. The number of hydrogen-bond acceptors (Lipinski definition) is 2. The van der Waals surface area contributed by atoms with Crippen LogP contribution in [0.25, 0.3) is 0 Å². The first-order valence-electron chi connectivity index (χ1n) is 7.69. The molecule has 21 heavy (non-hydrogen) atoms. The lowest BCUT2D eigenvalue weighted by molar-refractivity contribution is -0.141. The third-order valence-corrected chi connectivity index (χ3v) is 3.90. The van der Waals surface area contributed by atoms with Crippen LogP contribution in [0.1, 0.15) is 38.7 Å². The minimum Gasteiger partial charge on any atom is -0.342 e. The van der Waals surface area contributed by atoms with Crippen molar-refractivity contribution < 1.29 is 9.59 Å². The van der Waals surface area contributed by atoms with E-state index in [4.69, 9.17) is 0 Å². The molecule has 0 aliphatic carbocycles. The first-order chi connectivity index (χ1) is 10.1. The highest BCUT2D eigenvalue weighted by Crippen LogP contribution is 2.13. The maximum absolute atomic E-state index is 12.4. The second kappa shape index (κ2) is 7.25. The second-order valence-electron chi connectivity index (χ2n) is 5.87. The van der Waals surface area contributed by atoms with Crippen LogP contribution < -0.4 is 0 Å². The molecule has 0 N–H and O–H groups in total. The summed E-state index contributed by atoms with van der Waals surface area (Å²) in [6.45, 7) is 6.13. The summed E-state index contributed by atoms with van der Waals surface area (Å²) in [7, 11) is 0. The molecule has 1 aliphatic heterocycles. The molecule has 1 aromatic carbocycles. The highest BCUT2D eigenvalue weighted by atomic mass is 16.2. The van der Waals surface area contributed by atoms with Gasteiger partial charge < -0.3 is 9.80 Å². The molecule has 1 aliphatic rings. The first-order valence-corrected chi connectivity index (χ1v) is 7.69. The van der Waals surface area contributed by atoms with Crippen LogP contribution >= 0.6 is 0 Å². The number of carbonyl (C=O) groups excluding carboxylic acids is 2. The lowest BCUT2D eigenvalue weighted by Crippen LogP contribution is -2.40. The Morgan fingerprint density at radius 1 is 1.14 bits per heavy atom. The van der Waals surface area contributed by atoms with Crippen molar-refractivity contribution in [2.45, 2.75) is 45.7 Å². The fourth-order valence-corrected chi connectivity index (χ4v) is 2.65. The van der Waals surface area contributed by atoms with Gasteiger partial charge in [-0.25, -0.2) is 0 Å². The molecule has 1 aromatic rings. The lowest BCUT2D eigenvalue weighted by atomic mass is 10.1. The van der Waals surface area contributed by atoms with Crippen LogP contribution in [0, 0.1) is 0 Å². The van der Waals surface area contributed by atoms with Gasteiger partial charge in [-0.15, -0.1) is 0 Å². The van der Waals surface area contributed by atoms with Crippen LogP contribution in [0.15, 0.2) is 30.3 Å². The van der Waals surface area contributed by atoms with Crippen molar-refractivity contribution in [1.82, 2.24) is 9.80 Å². The smallest absolute Gasteiger partial charge is 0.232 e. The predicted molar refractivity (Wildman–Crippen MR) is 82.6 cm³/mol. The van der Waals surface area contributed by atoms with Gasteiger partial charge >= 0.3 is 0 Å². The Bertz CT molecular complexity index is 479. The van der Waals surface area contributed by atoms with Crippen molar-refractivity contribution in [1.29, 1.82) is 0 Å². The molecule has 0 atom stereocenters. The van der Waals surface area contributed by atoms with E-state index in [1.54, 1.807) is 9.80 Å². The number of nitrogens with zero attached hydrogens (tertiary/aromatic N) is 2. The van der Waals surface area contributed by atoms with Gasteiger partial charge in [-0.1, -0.05) is 30.3 Å². The van der Waals surface area contributed by atoms with Gasteiger partial charge in [0, 0.05) is 25.7 Å². The van der Waals surface area contributed by atoms with E-state index in [-0.39, 0.29) is 24.3 Å². The van der Waals surface area contributed by atoms with Gasteiger partial charge in [0.05, 0.1) is 0 Å². The summed E-state index contributed by atoms with van der Waals surface area (Å²) in [6.07, 6.45) is 2.10. The lowest BCUT2D eigenvalue weighted by Gasteiger charge is -2.27. The molecule has 4 heteroatoms. The van der Waals surface area contributed by atoms with Crippen molar-refractivity contribution in [2.75, 3.05) is 13.1 Å². The molecule has 4 nitrogen and oxygen atoms in total. The van der Waals surface area contributed by atoms with Crippen LogP contribution in [0.3, 0.4) is 0 Å². The Hall–Kier alpha value is -1.84. The number of benzene rings is 1. The number of likely N-dealkylation sites (tertiary alicyclic amines) is 1. The third kappa shape index (κ3) is 4.31. The molecule has 2 amide bonds. The van der Waals surface area contributed by atoms with Crippen molar-refractivity contribution in [3.05, 3.63) is 35.9 Å². The Morgan fingerprint density at radius 3 is 2.33 bits per heavy atom. The van der Waals surface area contributed by atoms with Gasteiger partial charge in [-0.05, 0) is 32.3 Å². The molecular weight excluding hydrogens is 264 g/mol. The van der Waals surface area contributed by atoms with E-state index in [1.165, 1.54) is 0 Å². The van der Waals surface area contributed by atoms with E-state index in [1.807, 2.05) is 44.2 Å².